The van der Waals surface area contributed by atoms with Gasteiger partial charge in [-0.15, -0.1) is 0 Å². The summed E-state index contributed by atoms with van der Waals surface area (Å²) in [5.74, 6) is -1.15. The second-order valence-electron chi connectivity index (χ2n) is 7.03. The first-order valence-electron chi connectivity index (χ1n) is 9.30. The van der Waals surface area contributed by atoms with Crippen LogP contribution >= 0.6 is 15.9 Å². The van der Waals surface area contributed by atoms with Crippen molar-refractivity contribution in [2.45, 2.75) is 12.5 Å². The number of carbonyl (C=O) groups is 2. The van der Waals surface area contributed by atoms with Crippen molar-refractivity contribution in [2.24, 2.45) is 0 Å². The maximum atomic E-state index is 13.9. The Morgan fingerprint density at radius 3 is 2.87 bits per heavy atom. The summed E-state index contributed by atoms with van der Waals surface area (Å²) in [4.78, 5) is 26.8. The molecule has 0 saturated carbocycles. The first-order chi connectivity index (χ1) is 14.8. The zero-order valence-electron chi connectivity index (χ0n) is 16.3. The van der Waals surface area contributed by atoms with E-state index >= 15 is 0 Å². The highest BCUT2D eigenvalue weighted by molar-refractivity contribution is 9.10. The van der Waals surface area contributed by atoms with E-state index in [1.54, 1.807) is 25.2 Å². The summed E-state index contributed by atoms with van der Waals surface area (Å²) in [6.07, 6.45) is 2.97. The smallest absolute Gasteiger partial charge is 0.342 e. The number of benzene rings is 2. The third kappa shape index (κ3) is 4.43. The minimum absolute atomic E-state index is 0.0432. The summed E-state index contributed by atoms with van der Waals surface area (Å²) in [5.41, 5.74) is 1.41. The van der Waals surface area contributed by atoms with Crippen LogP contribution in [0.25, 0.3) is 0 Å². The van der Waals surface area contributed by atoms with Crippen molar-refractivity contribution in [2.75, 3.05) is 18.6 Å². The molecule has 2 aromatic carbocycles. The Bertz CT molecular complexity index is 1170. The van der Waals surface area contributed by atoms with Crippen LogP contribution in [0.1, 0.15) is 11.1 Å². The van der Waals surface area contributed by atoms with Gasteiger partial charge in [-0.25, -0.2) is 13.6 Å². The molecule has 2 heterocycles. The van der Waals surface area contributed by atoms with Crippen LogP contribution in [-0.4, -0.2) is 41.4 Å². The Kier molecular flexibility index (Phi) is 5.73. The Balaban J connectivity index is 1.46. The molecule has 0 aliphatic carbocycles. The Labute approximate surface area is 184 Å². The van der Waals surface area contributed by atoms with Gasteiger partial charge in [0.05, 0.1) is 11.9 Å². The van der Waals surface area contributed by atoms with Gasteiger partial charge in [-0.3, -0.25) is 4.79 Å². The van der Waals surface area contributed by atoms with Gasteiger partial charge in [0.25, 0.3) is 5.91 Å². The highest BCUT2D eigenvalue weighted by Crippen LogP contribution is 2.33. The zero-order valence-corrected chi connectivity index (χ0v) is 17.9. The molecule has 10 heteroatoms. The molecule has 0 fully saturated rings. The molecule has 160 valence electrons. The van der Waals surface area contributed by atoms with Crippen molar-refractivity contribution in [3.8, 4) is 5.75 Å². The molecule has 31 heavy (non-hydrogen) atoms. The Morgan fingerprint density at radius 1 is 1.29 bits per heavy atom. The van der Waals surface area contributed by atoms with E-state index in [2.05, 4.69) is 26.3 Å². The minimum atomic E-state index is -0.925. The van der Waals surface area contributed by atoms with Crippen LogP contribution in [0.3, 0.4) is 0 Å². The quantitative estimate of drug-likeness (QED) is 0.609. The summed E-state index contributed by atoms with van der Waals surface area (Å²) in [7, 11) is 1.60. The number of nitrogens with zero attached hydrogens (tertiary/aromatic N) is 3. The average molecular weight is 491 g/mol. The van der Waals surface area contributed by atoms with Gasteiger partial charge in [-0.05, 0) is 35.4 Å². The number of nitrogens with one attached hydrogen (secondary N) is 1. The number of halogens is 3. The van der Waals surface area contributed by atoms with Gasteiger partial charge in [0.2, 0.25) is 0 Å². The van der Waals surface area contributed by atoms with E-state index in [-0.39, 0.29) is 24.5 Å². The molecule has 3 aromatic rings. The van der Waals surface area contributed by atoms with E-state index in [4.69, 9.17) is 4.74 Å². The second-order valence-corrected chi connectivity index (χ2v) is 7.94. The maximum absolute atomic E-state index is 13.9. The number of rotatable bonds is 3. The summed E-state index contributed by atoms with van der Waals surface area (Å²) >= 11 is 3.37. The molecule has 1 aromatic heterocycles. The van der Waals surface area contributed by atoms with Crippen LogP contribution < -0.4 is 15.0 Å². The fourth-order valence-electron chi connectivity index (χ4n) is 3.24. The van der Waals surface area contributed by atoms with E-state index in [0.717, 1.165) is 15.2 Å². The predicted octanol–water partition coefficient (Wildman–Crippen LogP) is 3.50. The van der Waals surface area contributed by atoms with E-state index in [9.17, 15) is 18.4 Å². The molecule has 0 bridgehead atoms. The molecule has 0 spiro atoms. The predicted molar refractivity (Wildman–Crippen MR) is 112 cm³/mol. The lowest BCUT2D eigenvalue weighted by Gasteiger charge is -2.20. The Hall–Kier alpha value is -3.27. The van der Waals surface area contributed by atoms with Crippen LogP contribution in [0.5, 0.6) is 5.75 Å². The van der Waals surface area contributed by atoms with Crippen molar-refractivity contribution >= 4 is 33.6 Å². The first-order valence-corrected chi connectivity index (χ1v) is 10.1. The molecule has 2 amide bonds. The normalized spacial score (nSPS) is 15.8. The highest BCUT2D eigenvalue weighted by atomic mass is 79.9. The number of ether oxygens (including phenoxy) is 1. The van der Waals surface area contributed by atoms with Gasteiger partial charge in [-0.2, -0.15) is 9.78 Å². The molecule has 1 aliphatic rings. The van der Waals surface area contributed by atoms with Crippen LogP contribution in [-0.2, 0) is 11.2 Å². The highest BCUT2D eigenvalue weighted by Gasteiger charge is 2.31. The number of anilines is 1. The Morgan fingerprint density at radius 2 is 2.10 bits per heavy atom. The summed E-state index contributed by atoms with van der Waals surface area (Å²) in [5, 5.41) is 6.59. The standard InChI is InChI=1S/C21H17BrF2N4O3/c1-27-18-7-14(22)3-5-19(18)31-11-17(20(27)29)26-21(30)28-10-12(9-25-28)6-13-2-4-15(23)8-16(13)24/h2-5,7-10,17H,6,11H2,1H3,(H,26,30)/t17-/m1/s1. The van der Waals surface area contributed by atoms with Crippen LogP contribution in [0.2, 0.25) is 0 Å². The van der Waals surface area contributed by atoms with E-state index in [0.29, 0.717) is 17.0 Å². The SMILES string of the molecule is CN1C(=O)[C@H](NC(=O)n2cc(Cc3ccc(F)cc3F)cn2)COc2ccc(Br)cc21. The number of amides is 2. The van der Waals surface area contributed by atoms with E-state index in [1.807, 2.05) is 0 Å². The van der Waals surface area contributed by atoms with Crippen molar-refractivity contribution in [1.29, 1.82) is 0 Å². The number of fused-ring (bicyclic) bond motifs is 1. The van der Waals surface area contributed by atoms with Crippen LogP contribution in [0.15, 0.2) is 53.3 Å². The lowest BCUT2D eigenvalue weighted by Crippen LogP contribution is -2.50. The molecule has 1 N–H and O–H groups in total. The zero-order chi connectivity index (χ0) is 22.1. The third-order valence-electron chi connectivity index (χ3n) is 4.87. The molecule has 7 nitrogen and oxygen atoms in total. The summed E-state index contributed by atoms with van der Waals surface area (Å²) in [6.45, 7) is -0.0432. The molecular weight excluding hydrogens is 474 g/mol. The number of likely N-dealkylation sites (N-methyl/N-ethyl adjacent to an activating group) is 1. The number of hydrogen-bond donors (Lipinski definition) is 1. The van der Waals surface area contributed by atoms with Crippen molar-refractivity contribution in [3.05, 3.63) is 76.0 Å². The summed E-state index contributed by atoms with van der Waals surface area (Å²) < 4.78 is 34.4. The van der Waals surface area contributed by atoms with Gasteiger partial charge in [-0.1, -0.05) is 22.0 Å². The molecule has 0 saturated heterocycles. The topological polar surface area (TPSA) is 76.5 Å². The fourth-order valence-corrected chi connectivity index (χ4v) is 3.59. The number of aromatic nitrogens is 2. The molecule has 0 unspecified atom stereocenters. The largest absolute Gasteiger partial charge is 0.489 e. The molecular formula is C21H17BrF2N4O3. The van der Waals surface area contributed by atoms with E-state index < -0.39 is 23.7 Å². The average Bonchev–Trinajstić information content (AvgIpc) is 3.17. The molecule has 1 aliphatic heterocycles. The number of hydrogen-bond acceptors (Lipinski definition) is 4. The third-order valence-corrected chi connectivity index (χ3v) is 5.36. The molecule has 1 atom stereocenters. The molecule has 0 radical (unpaired) electrons. The van der Waals surface area contributed by atoms with Gasteiger partial charge < -0.3 is 15.0 Å². The fraction of sp³-hybridized carbons (Fsp3) is 0.190. The monoisotopic (exact) mass is 490 g/mol. The van der Waals surface area contributed by atoms with Crippen molar-refractivity contribution < 1.29 is 23.1 Å². The maximum Gasteiger partial charge on any atom is 0.342 e. The summed E-state index contributed by atoms with van der Waals surface area (Å²) in [6, 6.07) is 7.05. The van der Waals surface area contributed by atoms with Gasteiger partial charge in [0.1, 0.15) is 30.0 Å². The second kappa shape index (κ2) is 8.46. The van der Waals surface area contributed by atoms with Gasteiger partial charge >= 0.3 is 6.03 Å². The lowest BCUT2D eigenvalue weighted by molar-refractivity contribution is -0.120. The lowest BCUT2D eigenvalue weighted by atomic mass is 10.1. The first kappa shape index (κ1) is 21.0. The van der Waals surface area contributed by atoms with Crippen LogP contribution in [0, 0.1) is 11.6 Å². The number of carbonyl (C=O) groups excluding carboxylic acids is 2. The van der Waals surface area contributed by atoms with Crippen LogP contribution in [0.4, 0.5) is 19.3 Å². The minimum Gasteiger partial charge on any atom is -0.489 e. The van der Waals surface area contributed by atoms with Gasteiger partial charge in [0, 0.05) is 30.2 Å². The van der Waals surface area contributed by atoms with Crippen molar-refractivity contribution in [1.82, 2.24) is 15.1 Å². The molecule has 4 rings (SSSR count). The van der Waals surface area contributed by atoms with E-state index in [1.165, 1.54) is 29.4 Å². The van der Waals surface area contributed by atoms with Crippen molar-refractivity contribution in [3.63, 3.8) is 0 Å². The van der Waals surface area contributed by atoms with Gasteiger partial charge in [0.15, 0.2) is 0 Å².